The average molecular weight is 311 g/mol. The van der Waals surface area contributed by atoms with Crippen molar-refractivity contribution in [2.24, 2.45) is 11.0 Å². The van der Waals surface area contributed by atoms with E-state index >= 15 is 0 Å². The minimum atomic E-state index is -0.422. The van der Waals surface area contributed by atoms with Crippen LogP contribution in [0.4, 0.5) is 10.1 Å². The molecule has 3 nitrogen and oxygen atoms in total. The highest BCUT2D eigenvalue weighted by Gasteiger charge is 2.21. The van der Waals surface area contributed by atoms with E-state index in [1.54, 1.807) is 0 Å². The van der Waals surface area contributed by atoms with Crippen LogP contribution in [0.5, 0.6) is 0 Å². The van der Waals surface area contributed by atoms with E-state index in [1.165, 1.54) is 23.2 Å². The molecule has 1 amide bonds. The van der Waals surface area contributed by atoms with Crippen LogP contribution in [0.15, 0.2) is 23.3 Å². The highest BCUT2D eigenvalue weighted by molar-refractivity contribution is 6.33. The van der Waals surface area contributed by atoms with Crippen molar-refractivity contribution in [1.82, 2.24) is 0 Å². The first-order chi connectivity index (χ1) is 10.0. The van der Waals surface area contributed by atoms with Gasteiger partial charge in [0.05, 0.1) is 10.7 Å². The van der Waals surface area contributed by atoms with Crippen LogP contribution >= 0.6 is 11.6 Å². The van der Waals surface area contributed by atoms with Crippen molar-refractivity contribution >= 4 is 28.9 Å². The first-order valence-electron chi connectivity index (χ1n) is 7.35. The number of hydrogen-bond donors (Lipinski definition) is 0. The van der Waals surface area contributed by atoms with Crippen molar-refractivity contribution in [3.05, 3.63) is 29.0 Å². The number of halogens is 2. The lowest BCUT2D eigenvalue weighted by atomic mass is 9.98. The molecule has 0 radical (unpaired) electrons. The number of hydrazone groups is 1. The Labute approximate surface area is 129 Å². The summed E-state index contributed by atoms with van der Waals surface area (Å²) in [4.78, 5) is 12.4. The van der Waals surface area contributed by atoms with Gasteiger partial charge >= 0.3 is 0 Å². The summed E-state index contributed by atoms with van der Waals surface area (Å²) in [6, 6.07) is 4.01. The molecule has 0 spiro atoms. The largest absolute Gasteiger partial charge is 0.273 e. The highest BCUT2D eigenvalue weighted by Crippen LogP contribution is 2.29. The molecule has 0 aromatic heterocycles. The maximum atomic E-state index is 13.2. The maximum absolute atomic E-state index is 13.2. The lowest BCUT2D eigenvalue weighted by Crippen LogP contribution is -2.26. The van der Waals surface area contributed by atoms with E-state index < -0.39 is 5.82 Å². The smallest absolute Gasteiger partial charge is 0.247 e. The first kappa shape index (κ1) is 16.0. The van der Waals surface area contributed by atoms with E-state index in [2.05, 4.69) is 12.0 Å². The Kier molecular flexibility index (Phi) is 5.34. The fourth-order valence-electron chi connectivity index (χ4n) is 2.37. The fourth-order valence-corrected chi connectivity index (χ4v) is 2.62. The van der Waals surface area contributed by atoms with Gasteiger partial charge in [0.2, 0.25) is 5.91 Å². The Morgan fingerprint density at radius 2 is 2.10 bits per heavy atom. The number of carbonyl (C=O) groups is 1. The zero-order valence-electron chi connectivity index (χ0n) is 12.4. The Hall–Kier alpha value is -1.42. The second-order valence-electron chi connectivity index (χ2n) is 5.50. The molecule has 0 saturated heterocycles. The number of hydrogen-bond acceptors (Lipinski definition) is 2. The normalized spacial score (nSPS) is 23.0. The van der Waals surface area contributed by atoms with Crippen LogP contribution in [-0.2, 0) is 4.79 Å². The number of nitrogens with zero attached hydrogens (tertiary/aromatic N) is 2. The van der Waals surface area contributed by atoms with Gasteiger partial charge in [-0.15, -0.1) is 0 Å². The molecule has 0 saturated carbocycles. The van der Waals surface area contributed by atoms with Crippen molar-refractivity contribution in [2.75, 3.05) is 5.01 Å². The second kappa shape index (κ2) is 7.03. The number of benzene rings is 1. The molecule has 1 aliphatic rings. The number of rotatable bonds is 2. The standard InChI is InChI=1S/C16H20ClFN2O/c1-3-13-7-4-11(2)5-9-16(21)20(19-13)15-8-6-12(18)10-14(15)17/h6,8,10-11H,3-5,7,9H2,1-2H3/b19-13-/t11-/m1/s1. The van der Waals surface area contributed by atoms with E-state index in [0.29, 0.717) is 18.0 Å². The molecular formula is C16H20ClFN2O. The molecule has 1 atom stereocenters. The van der Waals surface area contributed by atoms with Gasteiger partial charge in [-0.25, -0.2) is 4.39 Å². The molecule has 0 unspecified atom stereocenters. The summed E-state index contributed by atoms with van der Waals surface area (Å²) < 4.78 is 13.2. The molecule has 0 N–H and O–H groups in total. The minimum Gasteiger partial charge on any atom is -0.273 e. The van der Waals surface area contributed by atoms with Gasteiger partial charge in [-0.1, -0.05) is 25.4 Å². The van der Waals surface area contributed by atoms with Gasteiger partial charge in [0, 0.05) is 12.1 Å². The average Bonchev–Trinajstić information content (AvgIpc) is 2.51. The molecule has 0 bridgehead atoms. The van der Waals surface area contributed by atoms with E-state index in [-0.39, 0.29) is 10.9 Å². The monoisotopic (exact) mass is 310 g/mol. The van der Waals surface area contributed by atoms with Crippen molar-refractivity contribution < 1.29 is 9.18 Å². The summed E-state index contributed by atoms with van der Waals surface area (Å²) in [6.07, 6.45) is 3.95. The predicted molar refractivity (Wildman–Crippen MR) is 84.3 cm³/mol. The Bertz CT molecular complexity index is 559. The molecule has 1 aromatic carbocycles. The van der Waals surface area contributed by atoms with Gasteiger partial charge in [-0.05, 0) is 49.8 Å². The molecule has 114 valence electrons. The lowest BCUT2D eigenvalue weighted by molar-refractivity contribution is -0.118. The molecule has 0 aliphatic carbocycles. The Morgan fingerprint density at radius 1 is 1.38 bits per heavy atom. The van der Waals surface area contributed by atoms with Crippen LogP contribution in [-0.4, -0.2) is 11.6 Å². The van der Waals surface area contributed by atoms with E-state index in [4.69, 9.17) is 11.6 Å². The van der Waals surface area contributed by atoms with Gasteiger partial charge in [0.25, 0.3) is 0 Å². The van der Waals surface area contributed by atoms with Crippen LogP contribution in [0.2, 0.25) is 5.02 Å². The third-order valence-electron chi connectivity index (χ3n) is 3.80. The molecule has 1 aromatic rings. The van der Waals surface area contributed by atoms with Crippen molar-refractivity contribution in [3.63, 3.8) is 0 Å². The number of anilines is 1. The van der Waals surface area contributed by atoms with E-state index in [0.717, 1.165) is 31.4 Å². The lowest BCUT2D eigenvalue weighted by Gasteiger charge is -2.19. The summed E-state index contributed by atoms with van der Waals surface area (Å²) in [5, 5.41) is 6.03. The first-order valence-corrected chi connectivity index (χ1v) is 7.73. The summed E-state index contributed by atoms with van der Waals surface area (Å²) >= 11 is 6.08. The van der Waals surface area contributed by atoms with Gasteiger partial charge in [-0.3, -0.25) is 4.79 Å². The van der Waals surface area contributed by atoms with Crippen molar-refractivity contribution in [2.45, 2.75) is 46.0 Å². The molecule has 2 rings (SSSR count). The maximum Gasteiger partial charge on any atom is 0.247 e. The molecule has 1 heterocycles. The van der Waals surface area contributed by atoms with Gasteiger partial charge in [0.15, 0.2) is 0 Å². The Morgan fingerprint density at radius 3 is 2.76 bits per heavy atom. The number of carbonyl (C=O) groups excluding carboxylic acids is 1. The number of amides is 1. The quantitative estimate of drug-likeness (QED) is 0.773. The fraction of sp³-hybridized carbons (Fsp3) is 0.500. The van der Waals surface area contributed by atoms with Crippen LogP contribution in [0.3, 0.4) is 0 Å². The summed E-state index contributed by atoms with van der Waals surface area (Å²) in [5.41, 5.74) is 1.42. The van der Waals surface area contributed by atoms with E-state index in [9.17, 15) is 9.18 Å². The molecule has 21 heavy (non-hydrogen) atoms. The summed E-state index contributed by atoms with van der Waals surface area (Å²) in [7, 11) is 0. The van der Waals surface area contributed by atoms with Gasteiger partial charge in [0.1, 0.15) is 5.82 Å². The molecular weight excluding hydrogens is 291 g/mol. The minimum absolute atomic E-state index is 0.0943. The van der Waals surface area contributed by atoms with Crippen LogP contribution in [0.1, 0.15) is 46.0 Å². The second-order valence-corrected chi connectivity index (χ2v) is 5.91. The molecule has 1 aliphatic heterocycles. The van der Waals surface area contributed by atoms with Crippen molar-refractivity contribution in [1.29, 1.82) is 0 Å². The van der Waals surface area contributed by atoms with Gasteiger partial charge in [-0.2, -0.15) is 10.1 Å². The molecule has 5 heteroatoms. The summed E-state index contributed by atoms with van der Waals surface area (Å²) in [5.74, 6) is -0.0219. The molecule has 0 fully saturated rings. The van der Waals surface area contributed by atoms with Crippen LogP contribution in [0, 0.1) is 11.7 Å². The Balaban J connectivity index is 2.40. The van der Waals surface area contributed by atoms with Crippen molar-refractivity contribution in [3.8, 4) is 0 Å². The van der Waals surface area contributed by atoms with Gasteiger partial charge < -0.3 is 0 Å². The third kappa shape index (κ3) is 4.03. The van der Waals surface area contributed by atoms with E-state index in [1.807, 2.05) is 6.92 Å². The van der Waals surface area contributed by atoms with Crippen LogP contribution in [0.25, 0.3) is 0 Å². The zero-order valence-corrected chi connectivity index (χ0v) is 13.2. The third-order valence-corrected chi connectivity index (χ3v) is 4.10. The highest BCUT2D eigenvalue weighted by atomic mass is 35.5. The summed E-state index contributed by atoms with van der Waals surface area (Å²) in [6.45, 7) is 4.18. The predicted octanol–water partition coefficient (Wildman–Crippen LogP) is 4.79. The topological polar surface area (TPSA) is 32.7 Å². The zero-order chi connectivity index (χ0) is 15.4. The SMILES string of the molecule is CC/C1=N/N(c2ccc(F)cc2Cl)C(=O)CC[C@H](C)CC1. The van der Waals surface area contributed by atoms with Crippen LogP contribution < -0.4 is 5.01 Å².